The van der Waals surface area contributed by atoms with Gasteiger partial charge < -0.3 is 5.32 Å². The van der Waals surface area contributed by atoms with Gasteiger partial charge in [0.05, 0.1) is 28.2 Å². The molecule has 0 spiro atoms. The molecule has 0 saturated heterocycles. The summed E-state index contributed by atoms with van der Waals surface area (Å²) in [7, 11) is 0. The number of Topliss-reactive ketones (excluding diaryl/α,β-unsaturated/α-hetero) is 1. The van der Waals surface area contributed by atoms with E-state index in [0.717, 1.165) is 17.0 Å². The molecule has 0 unspecified atom stereocenters. The molecule has 3 rings (SSSR count). The summed E-state index contributed by atoms with van der Waals surface area (Å²) >= 11 is 1.56. The van der Waals surface area contributed by atoms with Crippen LogP contribution in [0.4, 0.5) is 13.2 Å². The molecule has 0 radical (unpaired) electrons. The highest BCUT2D eigenvalue weighted by Crippen LogP contribution is 2.30. The van der Waals surface area contributed by atoms with Gasteiger partial charge in [-0.15, -0.1) is 11.3 Å². The molecule has 29 heavy (non-hydrogen) atoms. The number of aromatic nitrogens is 2. The lowest BCUT2D eigenvalue weighted by Crippen LogP contribution is -2.33. The Labute approximate surface area is 169 Å². The predicted molar refractivity (Wildman–Crippen MR) is 103 cm³/mol. The summed E-state index contributed by atoms with van der Waals surface area (Å²) in [6.07, 6.45) is -3.88. The number of thiophene rings is 1. The van der Waals surface area contributed by atoms with Gasteiger partial charge in [0.2, 0.25) is 0 Å². The quantitative estimate of drug-likeness (QED) is 0.481. The monoisotopic (exact) mass is 421 g/mol. The molecule has 0 fully saturated rings. The second-order valence-electron chi connectivity index (χ2n) is 6.42. The molecular weight excluding hydrogens is 403 g/mol. The van der Waals surface area contributed by atoms with Gasteiger partial charge in [0, 0.05) is 11.4 Å². The maximum atomic E-state index is 13.0. The zero-order valence-corrected chi connectivity index (χ0v) is 16.5. The van der Waals surface area contributed by atoms with Crippen LogP contribution in [0.3, 0.4) is 0 Å². The average molecular weight is 421 g/mol. The van der Waals surface area contributed by atoms with Crippen molar-refractivity contribution in [2.75, 3.05) is 6.54 Å². The van der Waals surface area contributed by atoms with E-state index in [2.05, 4.69) is 10.4 Å². The number of benzene rings is 1. The van der Waals surface area contributed by atoms with Crippen LogP contribution in [0.15, 0.2) is 41.8 Å². The van der Waals surface area contributed by atoms with Crippen molar-refractivity contribution in [1.82, 2.24) is 15.1 Å². The highest BCUT2D eigenvalue weighted by atomic mass is 32.1. The second-order valence-corrected chi connectivity index (χ2v) is 7.45. The van der Waals surface area contributed by atoms with Crippen molar-refractivity contribution >= 4 is 23.0 Å². The Bertz CT molecular complexity index is 1040. The lowest BCUT2D eigenvalue weighted by atomic mass is 10.1. The number of amides is 1. The number of rotatable bonds is 6. The summed E-state index contributed by atoms with van der Waals surface area (Å²) in [6, 6.07) is 8.49. The number of alkyl halides is 3. The van der Waals surface area contributed by atoms with Crippen molar-refractivity contribution in [1.29, 1.82) is 0 Å². The lowest BCUT2D eigenvalue weighted by molar-refractivity contribution is -0.137. The molecule has 1 aromatic carbocycles. The van der Waals surface area contributed by atoms with Gasteiger partial charge in [-0.25, -0.2) is 4.68 Å². The standard InChI is InChI=1S/C20H18F3N3O2S/c1-12-17(18(27)19(28)24-9-8-16-7-4-10-29-16)13(2)26(25-12)15-6-3-5-14(11-15)20(21,22)23/h3-7,10-11H,8-9H2,1-2H3,(H,24,28). The molecule has 2 aromatic heterocycles. The molecular formula is C20H18F3N3O2S. The fourth-order valence-electron chi connectivity index (χ4n) is 2.98. The summed E-state index contributed by atoms with van der Waals surface area (Å²) in [6.45, 7) is 3.40. The van der Waals surface area contributed by atoms with Gasteiger partial charge in [0.15, 0.2) is 0 Å². The Balaban J connectivity index is 1.80. The third kappa shape index (κ3) is 4.56. The van der Waals surface area contributed by atoms with E-state index in [1.54, 1.807) is 25.2 Å². The van der Waals surface area contributed by atoms with Crippen LogP contribution in [-0.4, -0.2) is 28.0 Å². The number of halogens is 3. The molecule has 0 aliphatic carbocycles. The summed E-state index contributed by atoms with van der Waals surface area (Å²) in [5, 5.41) is 8.69. The van der Waals surface area contributed by atoms with Gasteiger partial charge >= 0.3 is 6.18 Å². The minimum absolute atomic E-state index is 0.0936. The van der Waals surface area contributed by atoms with E-state index in [0.29, 0.717) is 18.7 Å². The van der Waals surface area contributed by atoms with Gasteiger partial charge in [0.1, 0.15) is 0 Å². The van der Waals surface area contributed by atoms with E-state index >= 15 is 0 Å². The first-order valence-electron chi connectivity index (χ1n) is 8.77. The average Bonchev–Trinajstić information content (AvgIpc) is 3.28. The number of aryl methyl sites for hydroxylation is 1. The first kappa shape index (κ1) is 20.8. The molecule has 0 bridgehead atoms. The van der Waals surface area contributed by atoms with Crippen LogP contribution in [0.1, 0.15) is 32.2 Å². The van der Waals surface area contributed by atoms with Crippen molar-refractivity contribution < 1.29 is 22.8 Å². The smallest absolute Gasteiger partial charge is 0.349 e. The molecule has 9 heteroatoms. The molecule has 1 amide bonds. The van der Waals surface area contributed by atoms with Crippen LogP contribution < -0.4 is 5.32 Å². The largest absolute Gasteiger partial charge is 0.416 e. The van der Waals surface area contributed by atoms with E-state index in [-0.39, 0.29) is 16.9 Å². The Morgan fingerprint density at radius 2 is 1.93 bits per heavy atom. The summed E-state index contributed by atoms with van der Waals surface area (Å²) < 4.78 is 40.2. The Morgan fingerprint density at radius 1 is 1.17 bits per heavy atom. The lowest BCUT2D eigenvalue weighted by Gasteiger charge is -2.10. The number of nitrogens with one attached hydrogen (secondary N) is 1. The van der Waals surface area contributed by atoms with Crippen LogP contribution in [-0.2, 0) is 17.4 Å². The summed E-state index contributed by atoms with van der Waals surface area (Å²) in [4.78, 5) is 26.0. The Kier molecular flexibility index (Phi) is 5.88. The van der Waals surface area contributed by atoms with E-state index in [9.17, 15) is 22.8 Å². The zero-order valence-electron chi connectivity index (χ0n) is 15.7. The summed E-state index contributed by atoms with van der Waals surface area (Å²) in [5.41, 5.74) is 0.0221. The van der Waals surface area contributed by atoms with Crippen molar-refractivity contribution in [3.8, 4) is 5.69 Å². The van der Waals surface area contributed by atoms with E-state index in [1.165, 1.54) is 16.8 Å². The number of ketones is 1. The molecule has 0 aliphatic rings. The van der Waals surface area contributed by atoms with Gasteiger partial charge in [-0.1, -0.05) is 12.1 Å². The maximum Gasteiger partial charge on any atom is 0.416 e. The second kappa shape index (κ2) is 8.20. The van der Waals surface area contributed by atoms with E-state index in [4.69, 9.17) is 0 Å². The highest BCUT2D eigenvalue weighted by Gasteiger charge is 2.31. The number of nitrogens with zero attached hydrogens (tertiary/aromatic N) is 2. The van der Waals surface area contributed by atoms with Crippen molar-refractivity contribution in [3.05, 3.63) is 69.2 Å². The first-order valence-corrected chi connectivity index (χ1v) is 9.65. The molecule has 152 valence electrons. The van der Waals surface area contributed by atoms with Gasteiger partial charge in [-0.05, 0) is 49.9 Å². The molecule has 0 aliphatic heterocycles. The van der Waals surface area contributed by atoms with Crippen molar-refractivity contribution in [2.24, 2.45) is 0 Å². The first-order chi connectivity index (χ1) is 13.7. The molecule has 0 atom stereocenters. The third-order valence-corrected chi connectivity index (χ3v) is 5.32. The zero-order chi connectivity index (χ0) is 21.2. The maximum absolute atomic E-state index is 13.0. The van der Waals surface area contributed by atoms with Gasteiger partial charge in [-0.2, -0.15) is 18.3 Å². The highest BCUT2D eigenvalue weighted by molar-refractivity contribution is 7.09. The van der Waals surface area contributed by atoms with E-state index in [1.807, 2.05) is 17.5 Å². The molecule has 0 saturated carbocycles. The fourth-order valence-corrected chi connectivity index (χ4v) is 3.69. The predicted octanol–water partition coefficient (Wildman–Crippen LogP) is 4.11. The van der Waals surface area contributed by atoms with Crippen LogP contribution in [0.2, 0.25) is 0 Å². The number of hydrogen-bond acceptors (Lipinski definition) is 4. The van der Waals surface area contributed by atoms with Crippen molar-refractivity contribution in [3.63, 3.8) is 0 Å². The molecule has 2 heterocycles. The minimum Gasteiger partial charge on any atom is -0.349 e. The number of hydrogen-bond donors (Lipinski definition) is 1. The third-order valence-electron chi connectivity index (χ3n) is 4.38. The Morgan fingerprint density at radius 3 is 2.59 bits per heavy atom. The minimum atomic E-state index is -4.49. The topological polar surface area (TPSA) is 64.0 Å². The number of carbonyl (C=O) groups excluding carboxylic acids is 2. The fraction of sp³-hybridized carbons (Fsp3) is 0.250. The normalized spacial score (nSPS) is 11.5. The van der Waals surface area contributed by atoms with Gasteiger partial charge in [0.25, 0.3) is 11.7 Å². The molecule has 3 aromatic rings. The molecule has 1 N–H and O–H groups in total. The SMILES string of the molecule is Cc1nn(-c2cccc(C(F)(F)F)c2)c(C)c1C(=O)C(=O)NCCc1cccs1. The molecule has 5 nitrogen and oxygen atoms in total. The van der Waals surface area contributed by atoms with Crippen molar-refractivity contribution in [2.45, 2.75) is 26.4 Å². The van der Waals surface area contributed by atoms with Crippen LogP contribution in [0, 0.1) is 13.8 Å². The number of carbonyl (C=O) groups is 2. The van der Waals surface area contributed by atoms with Gasteiger partial charge in [-0.3, -0.25) is 9.59 Å². The van der Waals surface area contributed by atoms with Crippen LogP contribution in [0.5, 0.6) is 0 Å². The van der Waals surface area contributed by atoms with Crippen LogP contribution in [0.25, 0.3) is 5.69 Å². The Hall–Kier alpha value is -2.94. The van der Waals surface area contributed by atoms with Crippen LogP contribution >= 0.6 is 11.3 Å². The van der Waals surface area contributed by atoms with E-state index < -0.39 is 23.4 Å². The summed E-state index contributed by atoms with van der Waals surface area (Å²) in [5.74, 6) is -1.53.